The van der Waals surface area contributed by atoms with Crippen molar-refractivity contribution in [1.29, 1.82) is 0 Å². The van der Waals surface area contributed by atoms with Crippen LogP contribution in [0.15, 0.2) is 102 Å². The Labute approximate surface area is 248 Å². The first-order valence-corrected chi connectivity index (χ1v) is 15.5. The number of rotatable bonds is 8. The van der Waals surface area contributed by atoms with Gasteiger partial charge in [0.1, 0.15) is 5.60 Å². The molecule has 216 valence electrons. The van der Waals surface area contributed by atoms with Crippen LogP contribution in [0, 0.1) is 0 Å². The molecule has 5 aromatic rings. The Morgan fingerprint density at radius 1 is 0.952 bits per heavy atom. The van der Waals surface area contributed by atoms with E-state index < -0.39 is 27.8 Å². The number of aromatic nitrogens is 2. The molecule has 11 heteroatoms. The van der Waals surface area contributed by atoms with Gasteiger partial charge in [0.25, 0.3) is 15.9 Å². The Bertz CT molecular complexity index is 1830. The zero-order valence-electron chi connectivity index (χ0n) is 23.3. The van der Waals surface area contributed by atoms with E-state index in [1.165, 1.54) is 21.5 Å². The van der Waals surface area contributed by atoms with Gasteiger partial charge < -0.3 is 15.4 Å². The molecule has 0 bridgehead atoms. The van der Waals surface area contributed by atoms with Crippen LogP contribution in [0.4, 0.5) is 4.79 Å². The molecule has 0 saturated heterocycles. The smallest absolute Gasteiger partial charge is 0.407 e. The highest BCUT2D eigenvalue weighted by Gasteiger charge is 2.23. The van der Waals surface area contributed by atoms with E-state index in [1.54, 1.807) is 75.5 Å². The third kappa shape index (κ3) is 6.37. The van der Waals surface area contributed by atoms with Crippen LogP contribution in [0.1, 0.15) is 42.0 Å². The van der Waals surface area contributed by atoms with Gasteiger partial charge in [0.2, 0.25) is 0 Å². The lowest BCUT2D eigenvalue weighted by atomic mass is 10.1. The first kappa shape index (κ1) is 29.0. The number of thiophene rings is 1. The second kappa shape index (κ2) is 11.8. The van der Waals surface area contributed by atoms with Crippen molar-refractivity contribution in [3.05, 3.63) is 108 Å². The molecule has 3 aromatic heterocycles. The van der Waals surface area contributed by atoms with Gasteiger partial charge >= 0.3 is 6.09 Å². The molecular weight excluding hydrogens is 572 g/mol. The Balaban J connectivity index is 1.38. The Morgan fingerprint density at radius 2 is 1.64 bits per heavy atom. The molecule has 0 radical (unpaired) electrons. The standard InChI is InChI=1S/C31H30N4O5S2/c1-31(2,3)40-30(37)33-20-25(21-10-6-4-7-11-21)34-29(36)27-15-14-26(41-27)23-16-18-32-28-24(23)17-19-35(28)42(38,39)22-12-8-5-9-13-22/h4-19,25H,20H2,1-3H3,(H,33,37)(H,34,36). The number of hydrogen-bond donors (Lipinski definition) is 2. The van der Waals surface area contributed by atoms with Crippen LogP contribution in [-0.2, 0) is 14.8 Å². The van der Waals surface area contributed by atoms with E-state index in [9.17, 15) is 18.0 Å². The molecule has 9 nitrogen and oxygen atoms in total. The first-order valence-electron chi connectivity index (χ1n) is 13.2. The highest BCUT2D eigenvalue weighted by atomic mass is 32.2. The van der Waals surface area contributed by atoms with Gasteiger partial charge in [0.05, 0.1) is 15.8 Å². The second-order valence-electron chi connectivity index (χ2n) is 10.5. The fraction of sp³-hybridized carbons (Fsp3) is 0.194. The van der Waals surface area contributed by atoms with Crippen molar-refractivity contribution >= 4 is 44.4 Å². The van der Waals surface area contributed by atoms with Crippen molar-refractivity contribution in [2.24, 2.45) is 0 Å². The molecule has 0 aliphatic heterocycles. The van der Waals surface area contributed by atoms with Crippen molar-refractivity contribution in [2.75, 3.05) is 6.54 Å². The van der Waals surface area contributed by atoms with E-state index in [2.05, 4.69) is 15.6 Å². The van der Waals surface area contributed by atoms with Gasteiger partial charge in [-0.15, -0.1) is 11.3 Å². The molecule has 0 aliphatic rings. The van der Waals surface area contributed by atoms with Gasteiger partial charge in [0.15, 0.2) is 5.65 Å². The second-order valence-corrected chi connectivity index (χ2v) is 13.4. The number of fused-ring (bicyclic) bond motifs is 1. The summed E-state index contributed by atoms with van der Waals surface area (Å²) < 4.78 is 33.1. The van der Waals surface area contributed by atoms with E-state index in [4.69, 9.17) is 4.74 Å². The summed E-state index contributed by atoms with van der Waals surface area (Å²) in [6, 6.07) is 24.1. The highest BCUT2D eigenvalue weighted by Crippen LogP contribution is 2.34. The molecule has 2 aromatic carbocycles. The van der Waals surface area contributed by atoms with Gasteiger partial charge in [-0.3, -0.25) is 4.79 Å². The number of hydrogen-bond acceptors (Lipinski definition) is 7. The summed E-state index contributed by atoms with van der Waals surface area (Å²) in [6.07, 6.45) is 2.48. The normalized spacial score (nSPS) is 12.5. The average Bonchev–Trinajstić information content (AvgIpc) is 3.64. The van der Waals surface area contributed by atoms with Gasteiger partial charge in [-0.25, -0.2) is 22.2 Å². The number of nitrogens with one attached hydrogen (secondary N) is 2. The molecule has 0 fully saturated rings. The molecule has 42 heavy (non-hydrogen) atoms. The maximum atomic E-state index is 13.4. The van der Waals surface area contributed by atoms with Crippen LogP contribution >= 0.6 is 11.3 Å². The van der Waals surface area contributed by atoms with E-state index in [0.29, 0.717) is 15.9 Å². The monoisotopic (exact) mass is 602 g/mol. The zero-order valence-corrected chi connectivity index (χ0v) is 24.9. The van der Waals surface area contributed by atoms with Crippen LogP contribution in [0.5, 0.6) is 0 Å². The third-order valence-electron chi connectivity index (χ3n) is 6.31. The fourth-order valence-electron chi connectivity index (χ4n) is 4.40. The van der Waals surface area contributed by atoms with Crippen molar-refractivity contribution in [2.45, 2.75) is 37.3 Å². The van der Waals surface area contributed by atoms with Crippen molar-refractivity contribution in [3.8, 4) is 10.4 Å². The maximum Gasteiger partial charge on any atom is 0.407 e. The lowest BCUT2D eigenvalue weighted by Crippen LogP contribution is -2.40. The summed E-state index contributed by atoms with van der Waals surface area (Å²) in [7, 11) is -3.84. The molecular formula is C31H30N4O5S2. The number of alkyl carbamates (subject to hydrolysis) is 1. The van der Waals surface area contributed by atoms with Crippen LogP contribution in [0.25, 0.3) is 21.5 Å². The predicted octanol–water partition coefficient (Wildman–Crippen LogP) is 6.00. The summed E-state index contributed by atoms with van der Waals surface area (Å²) in [4.78, 5) is 31.4. The Morgan fingerprint density at radius 3 is 2.33 bits per heavy atom. The number of pyridine rings is 1. The minimum atomic E-state index is -3.84. The number of amides is 2. The molecule has 1 unspecified atom stereocenters. The predicted molar refractivity (Wildman–Crippen MR) is 163 cm³/mol. The summed E-state index contributed by atoms with van der Waals surface area (Å²) in [6.45, 7) is 5.48. The van der Waals surface area contributed by atoms with E-state index in [0.717, 1.165) is 16.0 Å². The zero-order chi connectivity index (χ0) is 29.9. The van der Waals surface area contributed by atoms with Gasteiger partial charge in [0, 0.05) is 34.8 Å². The van der Waals surface area contributed by atoms with Crippen LogP contribution < -0.4 is 10.6 Å². The molecule has 3 heterocycles. The number of carbonyl (C=O) groups excluding carboxylic acids is 2. The molecule has 2 amide bonds. The number of nitrogens with zero attached hydrogens (tertiary/aromatic N) is 2. The lowest BCUT2D eigenvalue weighted by molar-refractivity contribution is 0.0520. The molecule has 0 saturated carbocycles. The van der Waals surface area contributed by atoms with Crippen LogP contribution in [0.2, 0.25) is 0 Å². The highest BCUT2D eigenvalue weighted by molar-refractivity contribution is 7.90. The fourth-order valence-corrected chi connectivity index (χ4v) is 6.67. The molecule has 5 rings (SSSR count). The van der Waals surface area contributed by atoms with E-state index in [1.807, 2.05) is 36.4 Å². The molecule has 0 spiro atoms. The number of ether oxygens (including phenoxy) is 1. The van der Waals surface area contributed by atoms with Crippen molar-refractivity contribution < 1.29 is 22.7 Å². The molecule has 1 atom stereocenters. The number of benzene rings is 2. The minimum Gasteiger partial charge on any atom is -0.444 e. The van der Waals surface area contributed by atoms with Crippen LogP contribution in [-0.4, -0.2) is 41.5 Å². The van der Waals surface area contributed by atoms with Crippen molar-refractivity contribution in [3.63, 3.8) is 0 Å². The topological polar surface area (TPSA) is 119 Å². The maximum absolute atomic E-state index is 13.4. The number of carbonyl (C=O) groups is 2. The first-order chi connectivity index (χ1) is 20.0. The molecule has 0 aliphatic carbocycles. The minimum absolute atomic E-state index is 0.136. The largest absolute Gasteiger partial charge is 0.444 e. The summed E-state index contributed by atoms with van der Waals surface area (Å²) in [5.74, 6) is -0.305. The van der Waals surface area contributed by atoms with Crippen molar-refractivity contribution in [1.82, 2.24) is 19.6 Å². The van der Waals surface area contributed by atoms with Gasteiger partial charge in [-0.2, -0.15) is 0 Å². The lowest BCUT2D eigenvalue weighted by Gasteiger charge is -2.23. The third-order valence-corrected chi connectivity index (χ3v) is 9.10. The summed E-state index contributed by atoms with van der Waals surface area (Å²) in [5, 5.41) is 6.41. The quantitative estimate of drug-likeness (QED) is 0.225. The van der Waals surface area contributed by atoms with E-state index in [-0.39, 0.29) is 17.3 Å². The molecule has 2 N–H and O–H groups in total. The van der Waals surface area contributed by atoms with Crippen LogP contribution in [0.3, 0.4) is 0 Å². The average molecular weight is 603 g/mol. The Hall–Kier alpha value is -4.48. The summed E-state index contributed by atoms with van der Waals surface area (Å²) >= 11 is 1.28. The summed E-state index contributed by atoms with van der Waals surface area (Å²) in [5.41, 5.74) is 1.24. The SMILES string of the molecule is CC(C)(C)OC(=O)NCC(NC(=O)c1ccc(-c2ccnc3c2ccn3S(=O)(=O)c2ccccc2)s1)c1ccccc1. The Kier molecular flexibility index (Phi) is 8.15. The van der Waals surface area contributed by atoms with Gasteiger partial charge in [-0.1, -0.05) is 48.5 Å². The van der Waals surface area contributed by atoms with E-state index >= 15 is 0 Å². The van der Waals surface area contributed by atoms with Gasteiger partial charge in [-0.05, 0) is 62.7 Å².